The van der Waals surface area contributed by atoms with Gasteiger partial charge in [-0.1, -0.05) is 26.0 Å². The number of piperidine rings is 1. The molecule has 1 aliphatic heterocycles. The Kier molecular flexibility index (Phi) is 4.48. The van der Waals surface area contributed by atoms with E-state index in [1.165, 1.54) is 18.6 Å². The van der Waals surface area contributed by atoms with E-state index in [9.17, 15) is 9.65 Å². The van der Waals surface area contributed by atoms with E-state index >= 15 is 0 Å². The average molecular weight is 326 g/mol. The SMILES string of the molecule is C[C@H]1C[C@H](C)CN(c2c(N)cc(C#N)n2Cc2cccc(F)c2)C1. The molecule has 0 amide bonds. The lowest BCUT2D eigenvalue weighted by atomic mass is 9.92. The second kappa shape index (κ2) is 6.56. The van der Waals surface area contributed by atoms with Crippen LogP contribution in [0.3, 0.4) is 0 Å². The molecule has 5 heteroatoms. The van der Waals surface area contributed by atoms with E-state index in [2.05, 4.69) is 24.8 Å². The second-order valence-corrected chi connectivity index (χ2v) is 6.99. The predicted molar refractivity (Wildman–Crippen MR) is 94.2 cm³/mol. The monoisotopic (exact) mass is 326 g/mol. The Hall–Kier alpha value is -2.48. The summed E-state index contributed by atoms with van der Waals surface area (Å²) in [5, 5.41) is 9.47. The number of nitrogens with zero attached hydrogens (tertiary/aromatic N) is 3. The molecule has 1 aliphatic rings. The van der Waals surface area contributed by atoms with Crippen molar-refractivity contribution >= 4 is 11.5 Å². The van der Waals surface area contributed by atoms with Crippen molar-refractivity contribution in [1.29, 1.82) is 5.26 Å². The highest BCUT2D eigenvalue weighted by atomic mass is 19.1. The minimum Gasteiger partial charge on any atom is -0.396 e. The first-order valence-corrected chi connectivity index (χ1v) is 8.36. The van der Waals surface area contributed by atoms with E-state index in [4.69, 9.17) is 5.73 Å². The van der Waals surface area contributed by atoms with Gasteiger partial charge in [0.2, 0.25) is 0 Å². The molecule has 3 rings (SSSR count). The Bertz CT molecular complexity index is 764. The van der Waals surface area contributed by atoms with Gasteiger partial charge < -0.3 is 15.2 Å². The van der Waals surface area contributed by atoms with Crippen molar-refractivity contribution in [3.63, 3.8) is 0 Å². The molecule has 4 nitrogen and oxygen atoms in total. The van der Waals surface area contributed by atoms with Crippen molar-refractivity contribution in [2.24, 2.45) is 11.8 Å². The quantitative estimate of drug-likeness (QED) is 0.937. The van der Waals surface area contributed by atoms with E-state index in [-0.39, 0.29) is 5.82 Å². The Morgan fingerprint density at radius 3 is 2.58 bits per heavy atom. The van der Waals surface area contributed by atoms with Gasteiger partial charge in [-0.15, -0.1) is 0 Å². The molecule has 2 atom stereocenters. The number of aromatic nitrogens is 1. The minimum absolute atomic E-state index is 0.270. The number of anilines is 2. The third-order valence-corrected chi connectivity index (χ3v) is 4.61. The van der Waals surface area contributed by atoms with Crippen LogP contribution in [0.1, 0.15) is 31.5 Å². The first kappa shape index (κ1) is 16.4. The van der Waals surface area contributed by atoms with E-state index in [1.807, 2.05) is 10.6 Å². The Labute approximate surface area is 142 Å². The fourth-order valence-electron chi connectivity index (χ4n) is 3.82. The zero-order valence-electron chi connectivity index (χ0n) is 14.2. The summed E-state index contributed by atoms with van der Waals surface area (Å²) in [5.74, 6) is 1.77. The maximum atomic E-state index is 13.5. The van der Waals surface area contributed by atoms with Gasteiger partial charge in [0.15, 0.2) is 0 Å². The van der Waals surface area contributed by atoms with Crippen LogP contribution in [0.4, 0.5) is 15.9 Å². The molecule has 1 saturated heterocycles. The molecule has 0 bridgehead atoms. The molecule has 2 aromatic rings. The van der Waals surface area contributed by atoms with E-state index in [0.29, 0.717) is 29.8 Å². The lowest BCUT2D eigenvalue weighted by Gasteiger charge is -2.37. The molecule has 2 N–H and O–H groups in total. The molecule has 0 spiro atoms. The molecule has 126 valence electrons. The number of hydrogen-bond donors (Lipinski definition) is 1. The lowest BCUT2D eigenvalue weighted by molar-refractivity contribution is 0.353. The van der Waals surface area contributed by atoms with Crippen molar-refractivity contribution in [3.05, 3.63) is 47.4 Å². The number of halogens is 1. The Morgan fingerprint density at radius 2 is 1.96 bits per heavy atom. The lowest BCUT2D eigenvalue weighted by Crippen LogP contribution is -2.40. The summed E-state index contributed by atoms with van der Waals surface area (Å²) in [5.41, 5.74) is 8.18. The molecule has 24 heavy (non-hydrogen) atoms. The third-order valence-electron chi connectivity index (χ3n) is 4.61. The van der Waals surface area contributed by atoms with Crippen LogP contribution in [-0.2, 0) is 6.54 Å². The number of hydrogen-bond acceptors (Lipinski definition) is 3. The number of nitriles is 1. The largest absolute Gasteiger partial charge is 0.396 e. The van der Waals surface area contributed by atoms with Crippen LogP contribution in [0.5, 0.6) is 0 Å². The van der Waals surface area contributed by atoms with Gasteiger partial charge in [-0.05, 0) is 42.0 Å². The van der Waals surface area contributed by atoms with Crippen LogP contribution in [-0.4, -0.2) is 17.7 Å². The van der Waals surface area contributed by atoms with Crippen molar-refractivity contribution in [2.45, 2.75) is 26.8 Å². The second-order valence-electron chi connectivity index (χ2n) is 6.99. The molecule has 0 radical (unpaired) electrons. The first-order chi connectivity index (χ1) is 11.5. The number of benzene rings is 1. The van der Waals surface area contributed by atoms with Gasteiger partial charge in [0.25, 0.3) is 0 Å². The van der Waals surface area contributed by atoms with Crippen LogP contribution in [0, 0.1) is 29.0 Å². The van der Waals surface area contributed by atoms with Crippen LogP contribution >= 0.6 is 0 Å². The summed E-state index contributed by atoms with van der Waals surface area (Å²) in [6.45, 7) is 6.76. The van der Waals surface area contributed by atoms with Crippen LogP contribution in [0.15, 0.2) is 30.3 Å². The number of rotatable bonds is 3. The summed E-state index contributed by atoms with van der Waals surface area (Å²) in [6.07, 6.45) is 1.20. The molecule has 1 fully saturated rings. The first-order valence-electron chi connectivity index (χ1n) is 8.36. The minimum atomic E-state index is -0.270. The van der Waals surface area contributed by atoms with E-state index in [0.717, 1.165) is 24.5 Å². The van der Waals surface area contributed by atoms with Gasteiger partial charge in [-0.25, -0.2) is 4.39 Å². The number of nitrogen functional groups attached to an aromatic ring is 1. The molecule has 0 aliphatic carbocycles. The fourth-order valence-corrected chi connectivity index (χ4v) is 3.82. The van der Waals surface area contributed by atoms with Crippen LogP contribution in [0.2, 0.25) is 0 Å². The maximum Gasteiger partial charge on any atom is 0.133 e. The van der Waals surface area contributed by atoms with Gasteiger partial charge in [0.05, 0.1) is 12.2 Å². The van der Waals surface area contributed by atoms with Crippen molar-refractivity contribution in [2.75, 3.05) is 23.7 Å². The molecule has 0 unspecified atom stereocenters. The average Bonchev–Trinajstić information content (AvgIpc) is 2.82. The molecule has 2 heterocycles. The summed E-state index contributed by atoms with van der Waals surface area (Å²) in [6, 6.07) is 10.4. The maximum absolute atomic E-state index is 13.5. The number of nitrogens with two attached hydrogens (primary N) is 1. The summed E-state index contributed by atoms with van der Waals surface area (Å²) >= 11 is 0. The van der Waals surface area contributed by atoms with E-state index in [1.54, 1.807) is 12.1 Å². The van der Waals surface area contributed by atoms with Gasteiger partial charge in [-0.3, -0.25) is 0 Å². The molecule has 1 aromatic heterocycles. The standard InChI is InChI=1S/C19H23FN4/c1-13-6-14(2)11-23(10-13)19-18(22)8-17(9-21)24(19)12-15-4-3-5-16(20)7-15/h3-5,7-8,13-14H,6,10-12,22H2,1-2H3/t13-,14-/m0/s1. The highest BCUT2D eigenvalue weighted by Gasteiger charge is 2.27. The molecular weight excluding hydrogens is 303 g/mol. The highest BCUT2D eigenvalue weighted by molar-refractivity contribution is 5.68. The summed E-state index contributed by atoms with van der Waals surface area (Å²) in [4.78, 5) is 2.27. The smallest absolute Gasteiger partial charge is 0.133 e. The van der Waals surface area contributed by atoms with Gasteiger partial charge in [0.1, 0.15) is 23.4 Å². The zero-order valence-corrected chi connectivity index (χ0v) is 14.2. The van der Waals surface area contributed by atoms with Gasteiger partial charge in [-0.2, -0.15) is 5.26 Å². The van der Waals surface area contributed by atoms with Crippen molar-refractivity contribution in [1.82, 2.24) is 4.57 Å². The zero-order chi connectivity index (χ0) is 17.3. The predicted octanol–water partition coefficient (Wildman–Crippen LogP) is 3.61. The van der Waals surface area contributed by atoms with Crippen LogP contribution < -0.4 is 10.6 Å². The normalized spacial score (nSPS) is 20.8. The van der Waals surface area contributed by atoms with Gasteiger partial charge >= 0.3 is 0 Å². The molecule has 0 saturated carbocycles. The Morgan fingerprint density at radius 1 is 1.25 bits per heavy atom. The molecule has 1 aromatic carbocycles. The van der Waals surface area contributed by atoms with Crippen molar-refractivity contribution in [3.8, 4) is 6.07 Å². The van der Waals surface area contributed by atoms with Gasteiger partial charge in [0, 0.05) is 13.1 Å². The molecular formula is C19H23FN4. The van der Waals surface area contributed by atoms with Crippen molar-refractivity contribution < 1.29 is 4.39 Å². The topological polar surface area (TPSA) is 58.0 Å². The Balaban J connectivity index is 2.00. The van der Waals surface area contributed by atoms with Crippen LogP contribution in [0.25, 0.3) is 0 Å². The fraction of sp³-hybridized carbons (Fsp3) is 0.421. The summed E-state index contributed by atoms with van der Waals surface area (Å²) in [7, 11) is 0. The summed E-state index contributed by atoms with van der Waals surface area (Å²) < 4.78 is 15.4. The van der Waals surface area contributed by atoms with E-state index < -0.39 is 0 Å². The highest BCUT2D eigenvalue weighted by Crippen LogP contribution is 2.33. The third kappa shape index (κ3) is 3.23.